The van der Waals surface area contributed by atoms with Crippen molar-refractivity contribution < 1.29 is 9.18 Å². The van der Waals surface area contributed by atoms with E-state index >= 15 is 0 Å². The van der Waals surface area contributed by atoms with Crippen LogP contribution in [0.4, 0.5) is 4.39 Å². The smallest absolute Gasteiger partial charge is 0.273 e. The van der Waals surface area contributed by atoms with Crippen molar-refractivity contribution in [3.63, 3.8) is 0 Å². The van der Waals surface area contributed by atoms with Crippen molar-refractivity contribution in [2.75, 3.05) is 0 Å². The molecule has 1 aliphatic rings. The predicted octanol–water partition coefficient (Wildman–Crippen LogP) is 5.92. The molecule has 2 heterocycles. The van der Waals surface area contributed by atoms with Gasteiger partial charge in [0.25, 0.3) is 5.91 Å². The fourth-order valence-corrected chi connectivity index (χ4v) is 4.29. The quantitative estimate of drug-likeness (QED) is 0.435. The van der Waals surface area contributed by atoms with Gasteiger partial charge in [0.1, 0.15) is 11.5 Å². The Morgan fingerprint density at radius 1 is 1.03 bits per heavy atom. The number of nitrogens with one attached hydrogen (secondary N) is 1. The summed E-state index contributed by atoms with van der Waals surface area (Å²) in [5.74, 6) is -0.480. The number of hydrogen-bond acceptors (Lipinski definition) is 2. The number of benzene rings is 3. The molecule has 0 radical (unpaired) electrons. The molecule has 154 valence electrons. The predicted molar refractivity (Wildman–Crippen MR) is 118 cm³/mol. The largest absolute Gasteiger partial charge is 0.322 e. The van der Waals surface area contributed by atoms with Crippen molar-refractivity contribution in [1.82, 2.24) is 15.1 Å². The standard InChI is InChI=1S/C25H19ClFN3O/c1-15-6-8-16(9-7-15)22-21-23(29-28-22)25(31)30(14-18-4-2-3-5-20(18)26)24(21)17-10-12-19(27)13-11-17/h2-13,24H,14H2,1H3,(H,28,29). The number of halogens is 2. The van der Waals surface area contributed by atoms with Crippen molar-refractivity contribution in [2.45, 2.75) is 19.5 Å². The highest BCUT2D eigenvalue weighted by Crippen LogP contribution is 2.43. The molecular formula is C25H19ClFN3O. The highest BCUT2D eigenvalue weighted by Gasteiger charge is 2.42. The number of carbonyl (C=O) groups is 1. The second-order valence-corrected chi connectivity index (χ2v) is 8.11. The molecule has 3 aromatic carbocycles. The van der Waals surface area contributed by atoms with E-state index in [1.165, 1.54) is 12.1 Å². The number of hydrogen-bond donors (Lipinski definition) is 1. The van der Waals surface area contributed by atoms with Crippen molar-refractivity contribution in [3.05, 3.63) is 112 Å². The molecule has 0 fully saturated rings. The summed E-state index contributed by atoms with van der Waals surface area (Å²) in [7, 11) is 0. The average molecular weight is 432 g/mol. The lowest BCUT2D eigenvalue weighted by molar-refractivity contribution is 0.0730. The van der Waals surface area contributed by atoms with E-state index < -0.39 is 6.04 Å². The maximum atomic E-state index is 13.6. The van der Waals surface area contributed by atoms with Gasteiger partial charge in [-0.1, -0.05) is 71.8 Å². The first-order valence-electron chi connectivity index (χ1n) is 9.98. The van der Waals surface area contributed by atoms with Gasteiger partial charge in [-0.3, -0.25) is 9.89 Å². The molecule has 0 saturated heterocycles. The van der Waals surface area contributed by atoms with Crippen LogP contribution in [0.5, 0.6) is 0 Å². The SMILES string of the molecule is Cc1ccc(-c2n[nH]c3c2C(c2ccc(F)cc2)N(Cc2ccccc2Cl)C3=O)cc1. The van der Waals surface area contributed by atoms with E-state index in [0.717, 1.165) is 33.5 Å². The molecule has 1 N–H and O–H groups in total. The Kier molecular flexibility index (Phi) is 4.83. The number of nitrogens with zero attached hydrogens (tertiary/aromatic N) is 2. The Hall–Kier alpha value is -3.44. The second kappa shape index (κ2) is 7.67. The summed E-state index contributed by atoms with van der Waals surface area (Å²) in [6.07, 6.45) is 0. The molecule has 1 amide bonds. The fourth-order valence-electron chi connectivity index (χ4n) is 4.09. The van der Waals surface area contributed by atoms with Crippen LogP contribution >= 0.6 is 11.6 Å². The number of rotatable bonds is 4. The van der Waals surface area contributed by atoms with Gasteiger partial charge in [0.2, 0.25) is 0 Å². The number of H-pyrrole nitrogens is 1. The molecule has 1 unspecified atom stereocenters. The Morgan fingerprint density at radius 2 is 1.74 bits per heavy atom. The fraction of sp³-hybridized carbons (Fsp3) is 0.120. The zero-order valence-corrected chi connectivity index (χ0v) is 17.5. The lowest BCUT2D eigenvalue weighted by Crippen LogP contribution is -2.29. The van der Waals surface area contributed by atoms with Crippen LogP contribution < -0.4 is 0 Å². The van der Waals surface area contributed by atoms with Gasteiger partial charge in [0, 0.05) is 22.7 Å². The lowest BCUT2D eigenvalue weighted by Gasteiger charge is -2.27. The lowest BCUT2D eigenvalue weighted by atomic mass is 9.95. The Balaban J connectivity index is 1.65. The van der Waals surface area contributed by atoms with Crippen molar-refractivity contribution in [1.29, 1.82) is 0 Å². The molecule has 4 aromatic rings. The normalized spacial score (nSPS) is 15.4. The molecule has 1 aromatic heterocycles. The Morgan fingerprint density at radius 3 is 2.45 bits per heavy atom. The maximum absolute atomic E-state index is 13.6. The summed E-state index contributed by atoms with van der Waals surface area (Å²) >= 11 is 6.38. The molecule has 1 aliphatic heterocycles. The number of aryl methyl sites for hydroxylation is 1. The second-order valence-electron chi connectivity index (χ2n) is 7.71. The summed E-state index contributed by atoms with van der Waals surface area (Å²) in [4.78, 5) is 15.2. The van der Waals surface area contributed by atoms with Gasteiger partial charge in [-0.2, -0.15) is 5.10 Å². The Bertz CT molecular complexity index is 1260. The third-order valence-electron chi connectivity index (χ3n) is 5.67. The minimum atomic E-state index is -0.408. The van der Waals surface area contributed by atoms with E-state index in [4.69, 9.17) is 11.6 Å². The van der Waals surface area contributed by atoms with Crippen LogP contribution in [-0.2, 0) is 6.54 Å². The van der Waals surface area contributed by atoms with Crippen LogP contribution in [0.3, 0.4) is 0 Å². The highest BCUT2D eigenvalue weighted by atomic mass is 35.5. The van der Waals surface area contributed by atoms with Gasteiger partial charge in [0.15, 0.2) is 0 Å². The van der Waals surface area contributed by atoms with Crippen molar-refractivity contribution in [3.8, 4) is 11.3 Å². The summed E-state index contributed by atoms with van der Waals surface area (Å²) < 4.78 is 13.6. The first-order valence-corrected chi connectivity index (χ1v) is 10.4. The van der Waals surface area contributed by atoms with Crippen LogP contribution in [0, 0.1) is 12.7 Å². The maximum Gasteiger partial charge on any atom is 0.273 e. The summed E-state index contributed by atoms with van der Waals surface area (Å²) in [5, 5.41) is 8.01. The summed E-state index contributed by atoms with van der Waals surface area (Å²) in [6.45, 7) is 2.35. The molecule has 0 spiro atoms. The van der Waals surface area contributed by atoms with Crippen LogP contribution in [0.1, 0.15) is 38.8 Å². The van der Waals surface area contributed by atoms with E-state index in [0.29, 0.717) is 17.3 Å². The molecule has 1 atom stereocenters. The molecule has 0 aliphatic carbocycles. The minimum absolute atomic E-state index is 0.157. The van der Waals surface area contributed by atoms with E-state index in [1.807, 2.05) is 55.5 Å². The third kappa shape index (κ3) is 3.41. The van der Waals surface area contributed by atoms with Gasteiger partial charge >= 0.3 is 0 Å². The van der Waals surface area contributed by atoms with E-state index in [-0.39, 0.29) is 11.7 Å². The molecule has 0 bridgehead atoms. The summed E-state index contributed by atoms with van der Waals surface area (Å²) in [5.41, 5.74) is 5.70. The molecule has 4 nitrogen and oxygen atoms in total. The topological polar surface area (TPSA) is 49.0 Å². The highest BCUT2D eigenvalue weighted by molar-refractivity contribution is 6.31. The monoisotopic (exact) mass is 431 g/mol. The average Bonchev–Trinajstić information content (AvgIpc) is 3.31. The van der Waals surface area contributed by atoms with E-state index in [2.05, 4.69) is 10.2 Å². The van der Waals surface area contributed by atoms with Crippen LogP contribution in [0.15, 0.2) is 72.8 Å². The van der Waals surface area contributed by atoms with E-state index in [9.17, 15) is 9.18 Å². The van der Waals surface area contributed by atoms with Crippen molar-refractivity contribution >= 4 is 17.5 Å². The van der Waals surface area contributed by atoms with Crippen LogP contribution in [0.2, 0.25) is 5.02 Å². The summed E-state index contributed by atoms with van der Waals surface area (Å²) in [6, 6.07) is 21.3. The van der Waals surface area contributed by atoms with Gasteiger partial charge in [-0.25, -0.2) is 4.39 Å². The molecule has 6 heteroatoms. The van der Waals surface area contributed by atoms with E-state index in [1.54, 1.807) is 17.0 Å². The first kappa shape index (κ1) is 19.5. The number of amides is 1. The Labute approximate surface area is 184 Å². The third-order valence-corrected chi connectivity index (χ3v) is 6.04. The number of aromatic nitrogens is 2. The van der Waals surface area contributed by atoms with Gasteiger partial charge in [-0.15, -0.1) is 0 Å². The minimum Gasteiger partial charge on any atom is -0.322 e. The van der Waals surface area contributed by atoms with Crippen molar-refractivity contribution in [2.24, 2.45) is 0 Å². The molecule has 0 saturated carbocycles. The molecule has 31 heavy (non-hydrogen) atoms. The van der Waals surface area contributed by atoms with Gasteiger partial charge in [-0.05, 0) is 36.2 Å². The first-order chi connectivity index (χ1) is 15.0. The van der Waals surface area contributed by atoms with Gasteiger partial charge < -0.3 is 4.90 Å². The number of carbonyl (C=O) groups excluding carboxylic acids is 1. The van der Waals surface area contributed by atoms with Gasteiger partial charge in [0.05, 0.1) is 11.7 Å². The number of fused-ring (bicyclic) bond motifs is 1. The zero-order chi connectivity index (χ0) is 21.5. The zero-order valence-electron chi connectivity index (χ0n) is 16.8. The molecule has 5 rings (SSSR count). The molecular weight excluding hydrogens is 413 g/mol. The van der Waals surface area contributed by atoms with Crippen LogP contribution in [0.25, 0.3) is 11.3 Å². The van der Waals surface area contributed by atoms with Crippen LogP contribution in [-0.4, -0.2) is 21.0 Å². The number of aromatic amines is 1.